The lowest BCUT2D eigenvalue weighted by Crippen LogP contribution is -2.19. The number of fused-ring (bicyclic) bond motifs is 1. The highest BCUT2D eigenvalue weighted by molar-refractivity contribution is 6.00. The Morgan fingerprint density at radius 1 is 1.33 bits per heavy atom. The molecule has 18 heavy (non-hydrogen) atoms. The lowest BCUT2D eigenvalue weighted by molar-refractivity contribution is 0.296. The quantitative estimate of drug-likeness (QED) is 0.811. The highest BCUT2D eigenvalue weighted by Gasteiger charge is 2.25. The molecule has 0 fully saturated rings. The maximum absolute atomic E-state index is 5.23. The molecule has 3 rings (SSSR count). The summed E-state index contributed by atoms with van der Waals surface area (Å²) in [6, 6.07) is 10.4. The van der Waals surface area contributed by atoms with Gasteiger partial charge in [0.25, 0.3) is 0 Å². The van der Waals surface area contributed by atoms with Crippen molar-refractivity contribution in [2.75, 3.05) is 13.7 Å². The molecule has 0 saturated heterocycles. The first-order valence-corrected chi connectivity index (χ1v) is 6.16. The van der Waals surface area contributed by atoms with E-state index in [0.29, 0.717) is 5.92 Å². The Kier molecular flexibility index (Phi) is 2.89. The number of nitrogens with zero attached hydrogens (tertiary/aromatic N) is 2. The number of methoxy groups -OCH3 is 1. The van der Waals surface area contributed by atoms with Crippen LogP contribution in [0, 0.1) is 5.92 Å². The fourth-order valence-corrected chi connectivity index (χ4v) is 2.32. The molecule has 3 nitrogen and oxygen atoms in total. The number of allylic oxidation sites excluding steroid dienone is 2. The van der Waals surface area contributed by atoms with Crippen LogP contribution in [0.5, 0.6) is 0 Å². The predicted octanol–water partition coefficient (Wildman–Crippen LogP) is 2.57. The van der Waals surface area contributed by atoms with Gasteiger partial charge in [-0.05, 0) is 11.6 Å². The van der Waals surface area contributed by atoms with Gasteiger partial charge in [0.1, 0.15) is 5.76 Å². The molecular weight excluding hydrogens is 224 g/mol. The van der Waals surface area contributed by atoms with Crippen molar-refractivity contribution in [1.82, 2.24) is 5.01 Å². The summed E-state index contributed by atoms with van der Waals surface area (Å²) in [4.78, 5) is 0. The van der Waals surface area contributed by atoms with E-state index < -0.39 is 0 Å². The molecule has 1 aromatic rings. The molecule has 3 heteroatoms. The zero-order valence-corrected chi connectivity index (χ0v) is 10.4. The Morgan fingerprint density at radius 3 is 2.94 bits per heavy atom. The van der Waals surface area contributed by atoms with Gasteiger partial charge >= 0.3 is 0 Å². The van der Waals surface area contributed by atoms with Crippen LogP contribution in [0.15, 0.2) is 59.4 Å². The number of hydrogen-bond acceptors (Lipinski definition) is 3. The largest absolute Gasteiger partial charge is 0.497 e. The minimum absolute atomic E-state index is 0.410. The monoisotopic (exact) mass is 240 g/mol. The van der Waals surface area contributed by atoms with Crippen LogP contribution in [0.25, 0.3) is 0 Å². The highest BCUT2D eigenvalue weighted by Crippen LogP contribution is 2.23. The Hall–Kier alpha value is -2.03. The van der Waals surface area contributed by atoms with Gasteiger partial charge in [-0.15, -0.1) is 0 Å². The molecular formula is C15H16N2O. The van der Waals surface area contributed by atoms with Crippen LogP contribution in [0.2, 0.25) is 0 Å². The number of hydrogen-bond donors (Lipinski definition) is 0. The van der Waals surface area contributed by atoms with Crippen LogP contribution in [0.4, 0.5) is 0 Å². The summed E-state index contributed by atoms with van der Waals surface area (Å²) in [5, 5.41) is 6.77. The van der Waals surface area contributed by atoms with E-state index in [9.17, 15) is 0 Å². The molecule has 1 atom stereocenters. The maximum Gasteiger partial charge on any atom is 0.120 e. The standard InChI is InChI=1S/C15H16N2O/c1-18-14-8-7-13-11-17(16-15(13)9-14)10-12-5-3-2-4-6-12/h2-9,13H,10-11H2,1H3. The molecule has 0 N–H and O–H groups in total. The van der Waals surface area contributed by atoms with Gasteiger partial charge in [0, 0.05) is 18.5 Å². The van der Waals surface area contributed by atoms with E-state index >= 15 is 0 Å². The van der Waals surface area contributed by atoms with Gasteiger partial charge in [-0.3, -0.25) is 5.01 Å². The SMILES string of the molecule is COC1=CC2=NN(Cc3ccccc3)CC2C=C1. The van der Waals surface area contributed by atoms with Crippen molar-refractivity contribution < 1.29 is 4.74 Å². The molecule has 1 unspecified atom stereocenters. The zero-order chi connectivity index (χ0) is 12.4. The van der Waals surface area contributed by atoms with Gasteiger partial charge in [-0.25, -0.2) is 0 Å². The lowest BCUT2D eigenvalue weighted by atomic mass is 9.99. The number of ether oxygens (including phenoxy) is 1. The summed E-state index contributed by atoms with van der Waals surface area (Å²) in [7, 11) is 1.69. The molecule has 0 aromatic heterocycles. The average molecular weight is 240 g/mol. The summed E-state index contributed by atoms with van der Waals surface area (Å²) < 4.78 is 5.23. The zero-order valence-electron chi connectivity index (χ0n) is 10.4. The second kappa shape index (κ2) is 4.69. The maximum atomic E-state index is 5.23. The number of benzene rings is 1. The van der Waals surface area contributed by atoms with E-state index in [1.165, 1.54) is 5.56 Å². The first kappa shape index (κ1) is 11.1. The Labute approximate surface area is 107 Å². The van der Waals surface area contributed by atoms with E-state index in [1.54, 1.807) is 7.11 Å². The molecule has 1 heterocycles. The number of rotatable bonds is 3. The molecule has 0 saturated carbocycles. The van der Waals surface area contributed by atoms with Crippen molar-refractivity contribution in [3.05, 3.63) is 59.9 Å². The second-order valence-corrected chi connectivity index (χ2v) is 4.57. The Balaban J connectivity index is 1.73. The molecule has 0 spiro atoms. The van der Waals surface area contributed by atoms with E-state index in [-0.39, 0.29) is 0 Å². The van der Waals surface area contributed by atoms with Crippen molar-refractivity contribution >= 4 is 5.71 Å². The van der Waals surface area contributed by atoms with Crippen LogP contribution < -0.4 is 0 Å². The second-order valence-electron chi connectivity index (χ2n) is 4.57. The highest BCUT2D eigenvalue weighted by atomic mass is 16.5. The first-order chi connectivity index (χ1) is 8.85. The molecule has 1 aliphatic heterocycles. The van der Waals surface area contributed by atoms with Crippen LogP contribution in [-0.4, -0.2) is 24.4 Å². The van der Waals surface area contributed by atoms with Crippen molar-refractivity contribution in [3.8, 4) is 0 Å². The minimum atomic E-state index is 0.410. The summed E-state index contributed by atoms with van der Waals surface area (Å²) in [6.07, 6.45) is 6.22. The van der Waals surface area contributed by atoms with Crippen LogP contribution in [0.1, 0.15) is 5.56 Å². The molecule has 1 aliphatic carbocycles. The van der Waals surface area contributed by atoms with Gasteiger partial charge < -0.3 is 4.74 Å². The van der Waals surface area contributed by atoms with Crippen LogP contribution in [-0.2, 0) is 11.3 Å². The third kappa shape index (κ3) is 2.16. The third-order valence-electron chi connectivity index (χ3n) is 3.27. The summed E-state index contributed by atoms with van der Waals surface area (Å²) in [5.41, 5.74) is 2.39. The Bertz CT molecular complexity index is 517. The van der Waals surface area contributed by atoms with Crippen molar-refractivity contribution in [3.63, 3.8) is 0 Å². The molecule has 0 bridgehead atoms. The van der Waals surface area contributed by atoms with E-state index in [1.807, 2.05) is 18.2 Å². The molecule has 0 radical (unpaired) electrons. The summed E-state index contributed by atoms with van der Waals surface area (Å²) in [6.45, 7) is 1.82. The summed E-state index contributed by atoms with van der Waals surface area (Å²) >= 11 is 0. The Morgan fingerprint density at radius 2 is 2.17 bits per heavy atom. The fraction of sp³-hybridized carbons (Fsp3) is 0.267. The number of hydrazone groups is 1. The predicted molar refractivity (Wildman–Crippen MR) is 72.0 cm³/mol. The van der Waals surface area contributed by atoms with Crippen molar-refractivity contribution in [2.24, 2.45) is 11.0 Å². The van der Waals surface area contributed by atoms with Gasteiger partial charge in [-0.2, -0.15) is 5.10 Å². The summed E-state index contributed by atoms with van der Waals surface area (Å²) in [5.74, 6) is 1.29. The van der Waals surface area contributed by atoms with E-state index in [4.69, 9.17) is 4.74 Å². The van der Waals surface area contributed by atoms with Crippen molar-refractivity contribution in [1.29, 1.82) is 0 Å². The normalized spacial score (nSPS) is 21.4. The topological polar surface area (TPSA) is 24.8 Å². The van der Waals surface area contributed by atoms with Crippen LogP contribution in [0.3, 0.4) is 0 Å². The fourth-order valence-electron chi connectivity index (χ4n) is 2.32. The van der Waals surface area contributed by atoms with E-state index in [2.05, 4.69) is 40.5 Å². The molecule has 92 valence electrons. The smallest absolute Gasteiger partial charge is 0.120 e. The molecule has 0 amide bonds. The minimum Gasteiger partial charge on any atom is -0.497 e. The molecule has 2 aliphatic rings. The van der Waals surface area contributed by atoms with Gasteiger partial charge in [0.15, 0.2) is 0 Å². The van der Waals surface area contributed by atoms with Gasteiger partial charge in [0.05, 0.1) is 19.4 Å². The average Bonchev–Trinajstić information content (AvgIpc) is 2.80. The van der Waals surface area contributed by atoms with E-state index in [0.717, 1.165) is 24.6 Å². The first-order valence-electron chi connectivity index (χ1n) is 6.16. The third-order valence-corrected chi connectivity index (χ3v) is 3.27. The van der Waals surface area contributed by atoms with Gasteiger partial charge in [0.2, 0.25) is 0 Å². The molecule has 1 aromatic carbocycles. The van der Waals surface area contributed by atoms with Crippen molar-refractivity contribution in [2.45, 2.75) is 6.54 Å². The van der Waals surface area contributed by atoms with Gasteiger partial charge in [-0.1, -0.05) is 36.4 Å². The van der Waals surface area contributed by atoms with Crippen LogP contribution >= 0.6 is 0 Å². The lowest BCUT2D eigenvalue weighted by Gasteiger charge is -2.15.